The van der Waals surface area contributed by atoms with E-state index in [1.807, 2.05) is 23.1 Å². The third-order valence-corrected chi connectivity index (χ3v) is 4.90. The summed E-state index contributed by atoms with van der Waals surface area (Å²) in [6, 6.07) is 14.8. The maximum atomic E-state index is 13.8. The topological polar surface area (TPSA) is 55.6 Å². The van der Waals surface area contributed by atoms with E-state index >= 15 is 0 Å². The van der Waals surface area contributed by atoms with Crippen LogP contribution in [0.2, 0.25) is 0 Å². The van der Waals surface area contributed by atoms with E-state index in [1.54, 1.807) is 12.1 Å². The van der Waals surface area contributed by atoms with Crippen molar-refractivity contribution in [1.82, 2.24) is 4.90 Å². The molecule has 0 radical (unpaired) electrons. The van der Waals surface area contributed by atoms with Crippen molar-refractivity contribution in [2.75, 3.05) is 26.7 Å². The van der Waals surface area contributed by atoms with Gasteiger partial charge in [-0.2, -0.15) is 0 Å². The van der Waals surface area contributed by atoms with Crippen molar-refractivity contribution in [3.8, 4) is 5.75 Å². The van der Waals surface area contributed by atoms with Crippen molar-refractivity contribution in [2.45, 2.75) is 12.3 Å². The van der Waals surface area contributed by atoms with Crippen molar-refractivity contribution in [1.29, 1.82) is 0 Å². The van der Waals surface area contributed by atoms with Gasteiger partial charge in [-0.25, -0.2) is 4.39 Å². The number of hydrogen-bond donors (Lipinski definition) is 1. The molecule has 1 aliphatic heterocycles. The van der Waals surface area contributed by atoms with Crippen molar-refractivity contribution in [3.05, 3.63) is 65.5 Å². The minimum atomic E-state index is -0.448. The average molecular weight is 342 g/mol. The van der Waals surface area contributed by atoms with Gasteiger partial charge in [-0.1, -0.05) is 36.4 Å². The molecule has 25 heavy (non-hydrogen) atoms. The summed E-state index contributed by atoms with van der Waals surface area (Å²) in [5, 5.41) is 0. The monoisotopic (exact) mass is 342 g/mol. The highest BCUT2D eigenvalue weighted by Crippen LogP contribution is 2.32. The smallest absolute Gasteiger partial charge is 0.227 e. The minimum absolute atomic E-state index is 0.00134. The zero-order chi connectivity index (χ0) is 17.8. The third kappa shape index (κ3) is 3.82. The number of hydrogen-bond acceptors (Lipinski definition) is 3. The van der Waals surface area contributed by atoms with Gasteiger partial charge in [0, 0.05) is 19.0 Å². The van der Waals surface area contributed by atoms with Crippen LogP contribution in [-0.4, -0.2) is 37.6 Å². The van der Waals surface area contributed by atoms with Crippen LogP contribution in [0.5, 0.6) is 5.75 Å². The first-order chi connectivity index (χ1) is 12.1. The second-order valence-corrected chi connectivity index (χ2v) is 6.46. The fraction of sp³-hybridized carbons (Fsp3) is 0.350. The predicted octanol–water partition coefficient (Wildman–Crippen LogP) is 2.58. The second-order valence-electron chi connectivity index (χ2n) is 6.46. The lowest BCUT2D eigenvalue weighted by Gasteiger charge is -2.17. The largest absolute Gasteiger partial charge is 0.494 e. The second kappa shape index (κ2) is 7.66. The molecule has 0 saturated carbocycles. The minimum Gasteiger partial charge on any atom is -0.494 e. The normalized spacial score (nSPS) is 19.9. The van der Waals surface area contributed by atoms with Crippen molar-refractivity contribution < 1.29 is 13.9 Å². The van der Waals surface area contributed by atoms with E-state index in [-0.39, 0.29) is 29.9 Å². The molecule has 0 spiro atoms. The maximum absolute atomic E-state index is 13.8. The molecule has 3 rings (SSSR count). The first-order valence-corrected chi connectivity index (χ1v) is 8.47. The van der Waals surface area contributed by atoms with Crippen LogP contribution in [0.4, 0.5) is 4.39 Å². The number of methoxy groups -OCH3 is 1. The van der Waals surface area contributed by atoms with Crippen molar-refractivity contribution in [3.63, 3.8) is 0 Å². The molecule has 0 aliphatic carbocycles. The predicted molar refractivity (Wildman–Crippen MR) is 95.0 cm³/mol. The van der Waals surface area contributed by atoms with E-state index in [9.17, 15) is 9.18 Å². The van der Waals surface area contributed by atoms with E-state index in [0.717, 1.165) is 0 Å². The van der Waals surface area contributed by atoms with E-state index in [0.29, 0.717) is 25.2 Å². The van der Waals surface area contributed by atoms with E-state index < -0.39 is 5.82 Å². The zero-order valence-electron chi connectivity index (χ0n) is 14.3. The zero-order valence-corrected chi connectivity index (χ0v) is 14.3. The summed E-state index contributed by atoms with van der Waals surface area (Å²) in [4.78, 5) is 14.5. The van der Waals surface area contributed by atoms with Gasteiger partial charge in [0.2, 0.25) is 5.91 Å². The Morgan fingerprint density at radius 3 is 2.64 bits per heavy atom. The van der Waals surface area contributed by atoms with Gasteiger partial charge in [-0.15, -0.1) is 0 Å². The molecule has 1 aliphatic rings. The number of carbonyl (C=O) groups excluding carboxylic acids is 1. The summed E-state index contributed by atoms with van der Waals surface area (Å²) in [5.41, 5.74) is 7.79. The lowest BCUT2D eigenvalue weighted by molar-refractivity contribution is -0.129. The van der Waals surface area contributed by atoms with Crippen LogP contribution < -0.4 is 10.5 Å². The molecule has 132 valence electrons. The molecule has 0 bridgehead atoms. The quantitative estimate of drug-likeness (QED) is 0.909. The van der Waals surface area contributed by atoms with Gasteiger partial charge in [0.05, 0.1) is 13.5 Å². The van der Waals surface area contributed by atoms with Crippen LogP contribution in [0.15, 0.2) is 48.5 Å². The van der Waals surface area contributed by atoms with E-state index in [1.165, 1.54) is 18.7 Å². The lowest BCUT2D eigenvalue weighted by atomic mass is 9.89. The van der Waals surface area contributed by atoms with Crippen LogP contribution in [0.25, 0.3) is 0 Å². The van der Waals surface area contributed by atoms with Gasteiger partial charge in [0.15, 0.2) is 11.6 Å². The number of nitrogens with zero attached hydrogens (tertiary/aromatic N) is 1. The van der Waals surface area contributed by atoms with Crippen LogP contribution in [0, 0.1) is 11.7 Å². The van der Waals surface area contributed by atoms with Crippen LogP contribution in [0.3, 0.4) is 0 Å². The Hall–Kier alpha value is -2.40. The number of carbonyl (C=O) groups is 1. The summed E-state index contributed by atoms with van der Waals surface area (Å²) in [5.74, 6) is 0.240. The first kappa shape index (κ1) is 17.4. The van der Waals surface area contributed by atoms with Gasteiger partial charge >= 0.3 is 0 Å². The number of likely N-dealkylation sites (tertiary alicyclic amines) is 1. The summed E-state index contributed by atoms with van der Waals surface area (Å²) in [7, 11) is 1.42. The standard InChI is InChI=1S/C20H23FN2O2/c1-25-19-8-7-14(9-18(19)21)10-20(24)23-12-16(11-22)17(13-23)15-5-3-2-4-6-15/h2-9,16-17H,10-13,22H2,1H3/t16-,17+/m1/s1. The number of nitrogens with two attached hydrogens (primary N) is 1. The van der Waals surface area contributed by atoms with Crippen LogP contribution in [0.1, 0.15) is 17.0 Å². The Morgan fingerprint density at radius 1 is 1.24 bits per heavy atom. The van der Waals surface area contributed by atoms with E-state index in [2.05, 4.69) is 12.1 Å². The van der Waals surface area contributed by atoms with Gasteiger partial charge in [0.25, 0.3) is 0 Å². The average Bonchev–Trinajstić information content (AvgIpc) is 3.07. The van der Waals surface area contributed by atoms with Crippen LogP contribution in [-0.2, 0) is 11.2 Å². The lowest BCUT2D eigenvalue weighted by Crippen LogP contribution is -2.31. The van der Waals surface area contributed by atoms with Gasteiger partial charge < -0.3 is 15.4 Å². The molecule has 2 atom stereocenters. The first-order valence-electron chi connectivity index (χ1n) is 8.47. The number of halogens is 1. The van der Waals surface area contributed by atoms with Crippen molar-refractivity contribution in [2.24, 2.45) is 11.7 Å². The molecule has 0 aromatic heterocycles. The summed E-state index contributed by atoms with van der Waals surface area (Å²) < 4.78 is 18.7. The summed E-state index contributed by atoms with van der Waals surface area (Å²) in [6.45, 7) is 1.84. The molecule has 1 heterocycles. The molecule has 5 heteroatoms. The third-order valence-electron chi connectivity index (χ3n) is 4.90. The summed E-state index contributed by atoms with van der Waals surface area (Å²) >= 11 is 0. The van der Waals surface area contributed by atoms with Gasteiger partial charge in [-0.05, 0) is 35.7 Å². The highest BCUT2D eigenvalue weighted by molar-refractivity contribution is 5.79. The molecule has 2 aromatic rings. The molecule has 1 fully saturated rings. The van der Waals surface area contributed by atoms with E-state index in [4.69, 9.17) is 10.5 Å². The Balaban J connectivity index is 1.70. The number of rotatable bonds is 5. The molecule has 0 unspecified atom stereocenters. The number of benzene rings is 2. The van der Waals surface area contributed by atoms with Crippen LogP contribution >= 0.6 is 0 Å². The summed E-state index contributed by atoms with van der Waals surface area (Å²) in [6.07, 6.45) is 0.180. The Bertz CT molecular complexity index is 736. The number of amides is 1. The molecule has 1 saturated heterocycles. The number of ether oxygens (including phenoxy) is 1. The molecule has 1 amide bonds. The molecular formula is C20H23FN2O2. The van der Waals surface area contributed by atoms with Gasteiger partial charge in [-0.3, -0.25) is 4.79 Å². The Labute approximate surface area is 147 Å². The molecule has 2 aromatic carbocycles. The molecular weight excluding hydrogens is 319 g/mol. The highest BCUT2D eigenvalue weighted by atomic mass is 19.1. The Morgan fingerprint density at radius 2 is 2.00 bits per heavy atom. The highest BCUT2D eigenvalue weighted by Gasteiger charge is 2.35. The Kier molecular flexibility index (Phi) is 5.34. The molecule has 2 N–H and O–H groups in total. The van der Waals surface area contributed by atoms with Gasteiger partial charge in [0.1, 0.15) is 0 Å². The fourth-order valence-electron chi connectivity index (χ4n) is 3.50. The van der Waals surface area contributed by atoms with Crippen molar-refractivity contribution >= 4 is 5.91 Å². The maximum Gasteiger partial charge on any atom is 0.227 e. The SMILES string of the molecule is COc1ccc(CC(=O)N2C[C@@H](CN)[C@H](c3ccccc3)C2)cc1F. The fourth-order valence-corrected chi connectivity index (χ4v) is 3.50. The molecule has 4 nitrogen and oxygen atoms in total.